The number of hydrogen-bond acceptors (Lipinski definition) is 7. The average Bonchev–Trinajstić information content (AvgIpc) is 3.34. The number of nitrogens with zero attached hydrogens (tertiary/aromatic N) is 2. The summed E-state index contributed by atoms with van der Waals surface area (Å²) < 4.78 is 22.5. The third kappa shape index (κ3) is 6.57. The third-order valence-corrected chi connectivity index (χ3v) is 7.57. The molecule has 4 aromatic rings. The molecule has 2 aromatic carbocycles. The number of aryl methyl sites for hydroxylation is 2. The highest BCUT2D eigenvalue weighted by molar-refractivity contribution is 7.93. The zero-order chi connectivity index (χ0) is 28.2. The second-order valence-corrected chi connectivity index (χ2v) is 11.1. The van der Waals surface area contributed by atoms with Gasteiger partial charge in [-0.1, -0.05) is 24.3 Å². The number of aromatic nitrogens is 1. The molecule has 0 aliphatic heterocycles. The number of carboxylic acid groups (broad SMARTS) is 1. The highest BCUT2D eigenvalue weighted by Gasteiger charge is 2.16. The maximum absolute atomic E-state index is 13.3. The van der Waals surface area contributed by atoms with Crippen LogP contribution >= 0.6 is 0 Å². The van der Waals surface area contributed by atoms with Crippen LogP contribution in [0.2, 0.25) is 0 Å². The monoisotopic (exact) mass is 546 g/mol. The smallest absolute Gasteiger partial charge is 0.303 e. The van der Waals surface area contributed by atoms with Crippen LogP contribution in [0.4, 0.5) is 11.5 Å². The van der Waals surface area contributed by atoms with E-state index in [4.69, 9.17) is 15.3 Å². The van der Waals surface area contributed by atoms with E-state index < -0.39 is 27.5 Å². The molecule has 10 nitrogen and oxygen atoms in total. The average molecular weight is 547 g/mol. The lowest BCUT2D eigenvalue weighted by atomic mass is 10.0. The summed E-state index contributed by atoms with van der Waals surface area (Å²) >= 11 is 0. The van der Waals surface area contributed by atoms with Crippen molar-refractivity contribution < 1.29 is 28.1 Å². The van der Waals surface area contributed by atoms with E-state index in [2.05, 4.69) is 14.7 Å². The molecule has 4 N–H and O–H groups in total. The normalized spacial score (nSPS) is 12.4. The Hall–Kier alpha value is -4.77. The van der Waals surface area contributed by atoms with Crippen molar-refractivity contribution in [2.45, 2.75) is 24.7 Å². The molecule has 1 atom stereocenters. The molecule has 0 spiro atoms. The van der Waals surface area contributed by atoms with Gasteiger partial charge in [-0.15, -0.1) is 0 Å². The topological polar surface area (TPSA) is 165 Å². The number of amides is 2. The minimum absolute atomic E-state index is 0.0187. The number of hydrogen-bond donors (Lipinski definition) is 3. The summed E-state index contributed by atoms with van der Waals surface area (Å²) in [4.78, 5) is 40.8. The fourth-order valence-electron chi connectivity index (χ4n) is 3.80. The van der Waals surface area contributed by atoms with E-state index in [-0.39, 0.29) is 23.6 Å². The highest BCUT2D eigenvalue weighted by Crippen LogP contribution is 2.28. The molecule has 0 radical (unpaired) electrons. The summed E-state index contributed by atoms with van der Waals surface area (Å²) in [5.41, 5.74) is 9.18. The molecule has 2 aromatic heterocycles. The Labute approximate surface area is 225 Å². The Balaban J connectivity index is 1.57. The maximum atomic E-state index is 13.3. The predicted molar refractivity (Wildman–Crippen MR) is 147 cm³/mol. The number of nitrogen functional groups attached to an aromatic ring is 1. The predicted octanol–water partition coefficient (Wildman–Crippen LogP) is 4.80. The number of rotatable bonds is 8. The summed E-state index contributed by atoms with van der Waals surface area (Å²) in [6.45, 7) is 1.76. The lowest BCUT2D eigenvalue weighted by Crippen LogP contribution is -2.12. The Bertz CT molecular complexity index is 1680. The standard InChI is InChI=1S/C28H26N4O6S/c1-17-12-13-38-25(17)28(36)31-21-5-3-4-19(14-21)23-15-20(16-30-26(23)29)27(35)32-39(2,37)22-9-6-18(7-10-22)8-11-24(33)34/h3-7,9-10,12-16H,8,11H2,1-2H3,(H2,29,30)(H,31,36)(H,33,34). The number of aliphatic carboxylic acids is 1. The minimum Gasteiger partial charge on any atom is -0.481 e. The van der Waals surface area contributed by atoms with Crippen LogP contribution in [0, 0.1) is 6.92 Å². The van der Waals surface area contributed by atoms with E-state index in [1.54, 1.807) is 61.5 Å². The fraction of sp³-hybridized carbons (Fsp3) is 0.143. The largest absolute Gasteiger partial charge is 0.481 e. The van der Waals surface area contributed by atoms with E-state index >= 15 is 0 Å². The molecule has 0 aliphatic carbocycles. The molecule has 0 fully saturated rings. The first kappa shape index (κ1) is 27.3. The summed E-state index contributed by atoms with van der Waals surface area (Å²) in [6, 6.07) is 16.6. The van der Waals surface area contributed by atoms with Gasteiger partial charge in [0.25, 0.3) is 11.8 Å². The third-order valence-electron chi connectivity index (χ3n) is 5.91. The van der Waals surface area contributed by atoms with E-state index in [0.717, 1.165) is 5.56 Å². The molecule has 4 rings (SSSR count). The zero-order valence-corrected chi connectivity index (χ0v) is 22.0. The van der Waals surface area contributed by atoms with Gasteiger partial charge in [-0.3, -0.25) is 14.4 Å². The second kappa shape index (κ2) is 11.3. The van der Waals surface area contributed by atoms with Gasteiger partial charge in [-0.2, -0.15) is 4.36 Å². The molecule has 1 unspecified atom stereocenters. The molecule has 200 valence electrons. The summed E-state index contributed by atoms with van der Waals surface area (Å²) in [5.74, 6) is -1.68. The number of nitrogens with two attached hydrogens (primary N) is 1. The Kier molecular flexibility index (Phi) is 7.91. The molecule has 0 saturated carbocycles. The van der Waals surface area contributed by atoms with Crippen molar-refractivity contribution in [1.29, 1.82) is 0 Å². The van der Waals surface area contributed by atoms with Crippen molar-refractivity contribution in [1.82, 2.24) is 4.98 Å². The van der Waals surface area contributed by atoms with Gasteiger partial charge >= 0.3 is 5.97 Å². The van der Waals surface area contributed by atoms with E-state index in [9.17, 15) is 18.6 Å². The summed E-state index contributed by atoms with van der Waals surface area (Å²) in [5, 5.41) is 11.6. The Morgan fingerprint density at radius 3 is 2.51 bits per heavy atom. The molecule has 0 saturated heterocycles. The Morgan fingerprint density at radius 2 is 1.85 bits per heavy atom. The Morgan fingerprint density at radius 1 is 1.10 bits per heavy atom. The van der Waals surface area contributed by atoms with Crippen LogP contribution in [0.25, 0.3) is 11.1 Å². The molecular formula is C28H26N4O6S. The van der Waals surface area contributed by atoms with Crippen molar-refractivity contribution in [3.8, 4) is 11.1 Å². The zero-order valence-electron chi connectivity index (χ0n) is 21.2. The molecule has 11 heteroatoms. The lowest BCUT2D eigenvalue weighted by Gasteiger charge is -2.10. The number of carbonyl (C=O) groups excluding carboxylic acids is 2. The maximum Gasteiger partial charge on any atom is 0.303 e. The number of anilines is 2. The lowest BCUT2D eigenvalue weighted by molar-refractivity contribution is -0.136. The number of carboxylic acids is 1. The van der Waals surface area contributed by atoms with E-state index in [1.165, 1.54) is 24.8 Å². The molecular weight excluding hydrogens is 520 g/mol. The highest BCUT2D eigenvalue weighted by atomic mass is 32.2. The number of benzene rings is 2. The van der Waals surface area contributed by atoms with Crippen LogP contribution in [0.15, 0.2) is 86.8 Å². The van der Waals surface area contributed by atoms with Crippen LogP contribution in [-0.4, -0.2) is 38.3 Å². The first-order chi connectivity index (χ1) is 18.5. The minimum atomic E-state index is -3.09. The van der Waals surface area contributed by atoms with Crippen LogP contribution in [-0.2, 0) is 20.9 Å². The number of nitrogens with one attached hydrogen (secondary N) is 1. The van der Waals surface area contributed by atoms with Gasteiger partial charge in [0.2, 0.25) is 0 Å². The van der Waals surface area contributed by atoms with Gasteiger partial charge in [0, 0.05) is 40.6 Å². The van der Waals surface area contributed by atoms with Gasteiger partial charge in [-0.05, 0) is 60.9 Å². The summed E-state index contributed by atoms with van der Waals surface area (Å²) in [7, 11) is -3.09. The number of carbonyl (C=O) groups is 3. The molecule has 39 heavy (non-hydrogen) atoms. The fourth-order valence-corrected chi connectivity index (χ4v) is 4.97. The van der Waals surface area contributed by atoms with E-state index in [0.29, 0.717) is 33.7 Å². The van der Waals surface area contributed by atoms with Crippen molar-refractivity contribution in [2.24, 2.45) is 4.36 Å². The second-order valence-electron chi connectivity index (χ2n) is 8.86. The van der Waals surface area contributed by atoms with Gasteiger partial charge in [0.1, 0.15) is 5.82 Å². The van der Waals surface area contributed by atoms with Crippen molar-refractivity contribution in [3.05, 3.63) is 95.6 Å². The van der Waals surface area contributed by atoms with Gasteiger partial charge in [0.15, 0.2) is 5.76 Å². The quantitative estimate of drug-likeness (QED) is 0.283. The molecule has 2 amide bonds. The van der Waals surface area contributed by atoms with Crippen LogP contribution in [0.1, 0.15) is 38.5 Å². The first-order valence-electron chi connectivity index (χ1n) is 11.8. The first-order valence-corrected chi connectivity index (χ1v) is 13.7. The SMILES string of the molecule is Cc1ccoc1C(=O)Nc1cccc(-c2cc(C(=O)N=S(C)(=O)c3ccc(CCC(=O)O)cc3)cnc2N)c1. The van der Waals surface area contributed by atoms with Crippen molar-refractivity contribution in [2.75, 3.05) is 17.3 Å². The van der Waals surface area contributed by atoms with Gasteiger partial charge in [0.05, 0.1) is 21.6 Å². The van der Waals surface area contributed by atoms with Crippen molar-refractivity contribution >= 4 is 39.0 Å². The summed E-state index contributed by atoms with van der Waals surface area (Å²) in [6.07, 6.45) is 4.38. The van der Waals surface area contributed by atoms with Crippen LogP contribution in [0.3, 0.4) is 0 Å². The van der Waals surface area contributed by atoms with Crippen molar-refractivity contribution in [3.63, 3.8) is 0 Å². The number of pyridine rings is 1. The van der Waals surface area contributed by atoms with Gasteiger partial charge < -0.3 is 20.6 Å². The number of furan rings is 1. The van der Waals surface area contributed by atoms with Crippen LogP contribution in [0.5, 0.6) is 0 Å². The molecule has 0 bridgehead atoms. The molecule has 0 aliphatic rings. The molecule has 2 heterocycles. The van der Waals surface area contributed by atoms with E-state index in [1.807, 2.05) is 0 Å². The van der Waals surface area contributed by atoms with Gasteiger partial charge in [-0.25, -0.2) is 9.19 Å². The van der Waals surface area contributed by atoms with Crippen LogP contribution < -0.4 is 11.1 Å².